The van der Waals surface area contributed by atoms with E-state index in [2.05, 4.69) is 37.1 Å². The Morgan fingerprint density at radius 3 is 1.97 bits per heavy atom. The van der Waals surface area contributed by atoms with E-state index in [1.165, 1.54) is 25.9 Å². The van der Waals surface area contributed by atoms with Crippen LogP contribution in [-0.2, 0) is 136 Å². The largest absolute Gasteiger partial charge is 0.369 e. The van der Waals surface area contributed by atoms with Crippen molar-refractivity contribution in [3.63, 3.8) is 0 Å². The Morgan fingerprint density at radius 1 is 1.00 bits per heavy atom. The van der Waals surface area contributed by atoms with Gasteiger partial charge in [0.1, 0.15) is 0 Å². The van der Waals surface area contributed by atoms with Crippen molar-refractivity contribution >= 4 is 0 Å². The predicted octanol–water partition coefficient (Wildman–Crippen LogP) is 7.01. The summed E-state index contributed by atoms with van der Waals surface area (Å²) in [6, 6.07) is 0. The second-order valence-corrected chi connectivity index (χ2v) is 5.64. The molecule has 0 spiro atoms. The van der Waals surface area contributed by atoms with Crippen molar-refractivity contribution in [2.75, 3.05) is 26.2 Å². The first kappa shape index (κ1) is 55.3. The SMILES string of the molecule is C=C[C-]=C/C=C(\C)C(OCCN1CCCC1)/C(C=C)=C/C=C\C.CC.[CH3-].[CH3-].[CH3-].[Y].[Y].[Y].[Y]. The van der Waals surface area contributed by atoms with Crippen molar-refractivity contribution in [3.8, 4) is 0 Å². The first-order valence-corrected chi connectivity index (χ1v) is 9.39. The van der Waals surface area contributed by atoms with Crippen molar-refractivity contribution < 1.29 is 136 Å². The van der Waals surface area contributed by atoms with Crippen LogP contribution in [-0.4, -0.2) is 37.2 Å². The maximum Gasteiger partial charge on any atom is 0.0927 e. The van der Waals surface area contributed by atoms with Crippen LogP contribution in [0.25, 0.3) is 0 Å². The minimum absolute atomic E-state index is 0. The number of hydrogen-bond donors (Lipinski definition) is 0. The number of nitrogens with zero attached hydrogens (tertiary/aromatic N) is 1. The summed E-state index contributed by atoms with van der Waals surface area (Å²) < 4.78 is 6.19. The summed E-state index contributed by atoms with van der Waals surface area (Å²) in [6.07, 6.45) is 19.0. The normalized spacial score (nSPS) is 13.8. The molecule has 1 heterocycles. The molecule has 1 saturated heterocycles. The molecule has 1 aliphatic heterocycles. The Morgan fingerprint density at radius 2 is 1.53 bits per heavy atom. The van der Waals surface area contributed by atoms with E-state index in [1.54, 1.807) is 6.08 Å². The van der Waals surface area contributed by atoms with Gasteiger partial charge in [-0.1, -0.05) is 57.2 Å². The van der Waals surface area contributed by atoms with Gasteiger partial charge < -0.3 is 31.9 Å². The number of allylic oxidation sites excluding steroid dienone is 7. The molecule has 0 N–H and O–H groups in total. The van der Waals surface area contributed by atoms with Crippen LogP contribution in [0.5, 0.6) is 0 Å². The van der Waals surface area contributed by atoms with E-state index in [9.17, 15) is 0 Å². The molecule has 1 rings (SSSR count). The van der Waals surface area contributed by atoms with Crippen molar-refractivity contribution in [2.45, 2.75) is 46.6 Å². The van der Waals surface area contributed by atoms with Crippen molar-refractivity contribution in [3.05, 3.63) is 95.2 Å². The molecule has 4 radical (unpaired) electrons. The van der Waals surface area contributed by atoms with Gasteiger partial charge in [-0.25, -0.2) is 0 Å². The molecule has 0 aromatic heterocycles. The van der Waals surface area contributed by atoms with E-state index in [-0.39, 0.29) is 159 Å². The van der Waals surface area contributed by atoms with Gasteiger partial charge in [-0.15, -0.1) is 0 Å². The molecular formula is C26H45NOY4-4. The summed E-state index contributed by atoms with van der Waals surface area (Å²) >= 11 is 0. The van der Waals surface area contributed by atoms with Gasteiger partial charge in [-0.3, -0.25) is 0 Å². The molecule has 32 heavy (non-hydrogen) atoms. The van der Waals surface area contributed by atoms with Gasteiger partial charge in [0.25, 0.3) is 0 Å². The van der Waals surface area contributed by atoms with Crippen LogP contribution in [0.4, 0.5) is 0 Å². The third kappa shape index (κ3) is 27.4. The Bertz CT molecular complexity index is 494. The molecule has 1 fully saturated rings. The maximum absolute atomic E-state index is 6.19. The Hall–Kier alpha value is 2.78. The minimum Gasteiger partial charge on any atom is -0.369 e. The van der Waals surface area contributed by atoms with Crippen molar-refractivity contribution in [1.29, 1.82) is 0 Å². The molecule has 0 aromatic rings. The maximum atomic E-state index is 6.19. The Kier molecular flexibility index (Phi) is 70.8. The Labute approximate surface area is 303 Å². The van der Waals surface area contributed by atoms with Gasteiger partial charge >= 0.3 is 0 Å². The quantitative estimate of drug-likeness (QED) is 0.177. The van der Waals surface area contributed by atoms with Gasteiger partial charge in [0.2, 0.25) is 0 Å². The number of ether oxygens (including phenoxy) is 1. The molecular weight excluding hydrogens is 698 g/mol. The second kappa shape index (κ2) is 40.9. The first-order chi connectivity index (χ1) is 12.2. The van der Waals surface area contributed by atoms with Crippen LogP contribution in [0.1, 0.15) is 40.5 Å². The summed E-state index contributed by atoms with van der Waals surface area (Å²) in [6.45, 7) is 19.8. The monoisotopic (exact) mass is 743 g/mol. The predicted molar refractivity (Wildman–Crippen MR) is 131 cm³/mol. The summed E-state index contributed by atoms with van der Waals surface area (Å²) in [5.74, 6) is 0. The van der Waals surface area contributed by atoms with Gasteiger partial charge in [0, 0.05) is 137 Å². The number of likely N-dealkylation sites (tertiary alicyclic amines) is 1. The van der Waals surface area contributed by atoms with Gasteiger partial charge in [-0.05, 0) is 38.4 Å². The third-order valence-corrected chi connectivity index (χ3v) is 3.88. The molecule has 0 bridgehead atoms. The molecule has 0 amide bonds. The van der Waals surface area contributed by atoms with Crippen LogP contribution in [0.15, 0.2) is 66.8 Å². The second-order valence-electron chi connectivity index (χ2n) is 5.64. The summed E-state index contributed by atoms with van der Waals surface area (Å²) in [7, 11) is 0. The average molecular weight is 743 g/mol. The van der Waals surface area contributed by atoms with E-state index in [4.69, 9.17) is 4.74 Å². The first-order valence-electron chi connectivity index (χ1n) is 9.39. The zero-order valence-corrected chi connectivity index (χ0v) is 33.3. The topological polar surface area (TPSA) is 12.5 Å². The fourth-order valence-electron chi connectivity index (χ4n) is 2.60. The molecule has 1 unspecified atom stereocenters. The van der Waals surface area contributed by atoms with Gasteiger partial charge in [-0.2, -0.15) is 30.9 Å². The standard InChI is InChI=1S/C21H30NO.C2H6.3CH3.4Y/c1-5-8-10-13-19(4)21(20(7-3)14-9-6-2)23-18-17-22-15-11-12-16-22;1-2;;;;;;;/h5-7,9-10,13-14,21H,1,3,11-12,15-18H2,2,4H3;1-2H3;3*1H3;;;;/q-1;;3*-1;;;;/b9-6-,19-13+,20-14+;;;;;;;;. The van der Waals surface area contributed by atoms with E-state index in [0.29, 0.717) is 0 Å². The van der Waals surface area contributed by atoms with Crippen LogP contribution < -0.4 is 0 Å². The van der Waals surface area contributed by atoms with Crippen LogP contribution in [0, 0.1) is 28.4 Å². The molecule has 0 aromatic carbocycles. The smallest absolute Gasteiger partial charge is 0.0927 e. The minimum atomic E-state index is -0.0748. The molecule has 0 aliphatic carbocycles. The van der Waals surface area contributed by atoms with Crippen LogP contribution in [0.3, 0.4) is 0 Å². The zero-order chi connectivity index (χ0) is 18.9. The van der Waals surface area contributed by atoms with E-state index < -0.39 is 0 Å². The van der Waals surface area contributed by atoms with Gasteiger partial charge in [0.05, 0.1) is 12.7 Å². The zero-order valence-electron chi connectivity index (χ0n) is 21.9. The Balaban J connectivity index is -0.000000104. The number of hydrogen-bond acceptors (Lipinski definition) is 2. The molecule has 2 nitrogen and oxygen atoms in total. The van der Waals surface area contributed by atoms with E-state index in [1.807, 2.05) is 51.2 Å². The summed E-state index contributed by atoms with van der Waals surface area (Å²) in [5, 5.41) is 0. The van der Waals surface area contributed by atoms with Crippen LogP contribution >= 0.6 is 0 Å². The summed E-state index contributed by atoms with van der Waals surface area (Å²) in [4.78, 5) is 2.46. The molecule has 0 saturated carbocycles. The van der Waals surface area contributed by atoms with E-state index in [0.717, 1.165) is 24.3 Å². The van der Waals surface area contributed by atoms with Crippen LogP contribution in [0.2, 0.25) is 0 Å². The fraction of sp³-hybridized carbons (Fsp3) is 0.423. The van der Waals surface area contributed by atoms with Gasteiger partial charge in [0.15, 0.2) is 0 Å². The third-order valence-electron chi connectivity index (χ3n) is 3.88. The average Bonchev–Trinajstić information content (AvgIpc) is 3.16. The number of rotatable bonds is 10. The molecule has 176 valence electrons. The van der Waals surface area contributed by atoms with Crippen molar-refractivity contribution in [1.82, 2.24) is 4.90 Å². The van der Waals surface area contributed by atoms with Crippen molar-refractivity contribution in [2.24, 2.45) is 0 Å². The fourth-order valence-corrected chi connectivity index (χ4v) is 2.60. The summed E-state index contributed by atoms with van der Waals surface area (Å²) in [5.41, 5.74) is 2.21. The molecule has 6 heteroatoms. The molecule has 1 atom stereocenters. The molecule has 1 aliphatic rings. The van der Waals surface area contributed by atoms with E-state index >= 15 is 0 Å².